The Hall–Kier alpha value is -0.780. The molecule has 0 aliphatic rings. The van der Waals surface area contributed by atoms with Crippen molar-refractivity contribution in [3.05, 3.63) is 28.8 Å². The monoisotopic (exact) mass is 278 g/mol. The Morgan fingerprint density at radius 2 is 2.12 bits per heavy atom. The Morgan fingerprint density at radius 3 is 2.65 bits per heavy atom. The maximum atomic E-state index is 10.9. The van der Waals surface area contributed by atoms with Gasteiger partial charge in [-0.3, -0.25) is 0 Å². The van der Waals surface area contributed by atoms with E-state index in [-0.39, 0.29) is 12.4 Å². The third-order valence-corrected chi connectivity index (χ3v) is 3.28. The summed E-state index contributed by atoms with van der Waals surface area (Å²) >= 11 is 5.80. The van der Waals surface area contributed by atoms with E-state index < -0.39 is 15.9 Å². The van der Waals surface area contributed by atoms with Crippen molar-refractivity contribution in [2.24, 2.45) is 0 Å². The van der Waals surface area contributed by atoms with Crippen molar-refractivity contribution in [3.8, 4) is 5.75 Å². The minimum Gasteiger partial charge on any atom is -0.492 e. The van der Waals surface area contributed by atoms with Crippen LogP contribution in [0.5, 0.6) is 5.75 Å². The molecular formula is C11H15ClO4S. The molecule has 1 rings (SSSR count). The zero-order valence-electron chi connectivity index (χ0n) is 9.68. The SMILES string of the molecule is CC(O)c1cc(Cl)ccc1OCCS(C)(=O)=O. The lowest BCUT2D eigenvalue weighted by atomic mass is 10.1. The summed E-state index contributed by atoms with van der Waals surface area (Å²) in [4.78, 5) is 0. The van der Waals surface area contributed by atoms with Crippen LogP contribution >= 0.6 is 11.6 Å². The van der Waals surface area contributed by atoms with Gasteiger partial charge in [-0.25, -0.2) is 8.42 Å². The largest absolute Gasteiger partial charge is 0.492 e. The number of hydrogen-bond acceptors (Lipinski definition) is 4. The molecule has 0 aromatic heterocycles. The summed E-state index contributed by atoms with van der Waals surface area (Å²) in [6.45, 7) is 1.65. The van der Waals surface area contributed by atoms with Crippen LogP contribution in [-0.4, -0.2) is 32.1 Å². The molecule has 0 saturated carbocycles. The van der Waals surface area contributed by atoms with Crippen molar-refractivity contribution in [2.45, 2.75) is 13.0 Å². The molecule has 1 aromatic rings. The summed E-state index contributed by atoms with van der Waals surface area (Å²) < 4.78 is 27.2. The number of halogens is 1. The van der Waals surface area contributed by atoms with Crippen LogP contribution in [0, 0.1) is 0 Å². The first-order valence-corrected chi connectivity index (χ1v) is 7.51. The van der Waals surface area contributed by atoms with E-state index >= 15 is 0 Å². The van der Waals surface area contributed by atoms with Crippen molar-refractivity contribution in [2.75, 3.05) is 18.6 Å². The highest BCUT2D eigenvalue weighted by Gasteiger charge is 2.11. The standard InChI is InChI=1S/C11H15ClO4S/c1-8(13)10-7-9(12)3-4-11(10)16-5-6-17(2,14)15/h3-4,7-8,13H,5-6H2,1-2H3. The second-order valence-corrected chi connectivity index (χ2v) is 6.53. The molecule has 1 N–H and O–H groups in total. The molecule has 96 valence electrons. The summed E-state index contributed by atoms with van der Waals surface area (Å²) in [6, 6.07) is 4.85. The highest BCUT2D eigenvalue weighted by Crippen LogP contribution is 2.28. The van der Waals surface area contributed by atoms with Crippen LogP contribution < -0.4 is 4.74 Å². The van der Waals surface area contributed by atoms with Gasteiger partial charge in [0, 0.05) is 16.8 Å². The van der Waals surface area contributed by atoms with Gasteiger partial charge >= 0.3 is 0 Å². The van der Waals surface area contributed by atoms with Crippen molar-refractivity contribution < 1.29 is 18.3 Å². The summed E-state index contributed by atoms with van der Waals surface area (Å²) in [7, 11) is -3.05. The normalized spacial score (nSPS) is 13.4. The summed E-state index contributed by atoms with van der Waals surface area (Å²) in [5.41, 5.74) is 0.547. The maximum Gasteiger partial charge on any atom is 0.150 e. The van der Waals surface area contributed by atoms with Gasteiger partial charge in [-0.15, -0.1) is 0 Å². The molecule has 0 heterocycles. The molecule has 17 heavy (non-hydrogen) atoms. The van der Waals surface area contributed by atoms with Gasteiger partial charge < -0.3 is 9.84 Å². The van der Waals surface area contributed by atoms with Crippen LogP contribution in [0.2, 0.25) is 5.02 Å². The average molecular weight is 279 g/mol. The van der Waals surface area contributed by atoms with E-state index in [4.69, 9.17) is 16.3 Å². The van der Waals surface area contributed by atoms with Gasteiger partial charge in [0.1, 0.15) is 12.4 Å². The van der Waals surface area contributed by atoms with Crippen LogP contribution in [0.3, 0.4) is 0 Å². The molecule has 0 radical (unpaired) electrons. The molecule has 0 fully saturated rings. The number of benzene rings is 1. The van der Waals surface area contributed by atoms with E-state index in [1.165, 1.54) is 0 Å². The van der Waals surface area contributed by atoms with Crippen molar-refractivity contribution >= 4 is 21.4 Å². The van der Waals surface area contributed by atoms with Crippen LogP contribution in [-0.2, 0) is 9.84 Å². The molecule has 0 bridgehead atoms. The van der Waals surface area contributed by atoms with Gasteiger partial charge in [0.05, 0.1) is 11.9 Å². The van der Waals surface area contributed by atoms with Crippen LogP contribution in [0.25, 0.3) is 0 Å². The third-order valence-electron chi connectivity index (χ3n) is 2.13. The van der Waals surface area contributed by atoms with Gasteiger partial charge in [-0.2, -0.15) is 0 Å². The number of aliphatic hydroxyl groups excluding tert-OH is 1. The molecule has 0 saturated heterocycles. The number of hydrogen-bond donors (Lipinski definition) is 1. The second-order valence-electron chi connectivity index (χ2n) is 3.84. The fourth-order valence-corrected chi connectivity index (χ4v) is 1.85. The third kappa shape index (κ3) is 4.93. The van der Waals surface area contributed by atoms with E-state index in [9.17, 15) is 13.5 Å². The molecule has 1 atom stereocenters. The first kappa shape index (κ1) is 14.3. The molecule has 0 amide bonds. The van der Waals surface area contributed by atoms with Crippen molar-refractivity contribution in [1.82, 2.24) is 0 Å². The molecule has 6 heteroatoms. The highest BCUT2D eigenvalue weighted by molar-refractivity contribution is 7.90. The first-order chi connectivity index (χ1) is 7.79. The molecule has 1 unspecified atom stereocenters. The molecule has 4 nitrogen and oxygen atoms in total. The lowest BCUT2D eigenvalue weighted by Gasteiger charge is -2.13. The van der Waals surface area contributed by atoms with Crippen molar-refractivity contribution in [1.29, 1.82) is 0 Å². The van der Waals surface area contributed by atoms with Crippen LogP contribution in [0.1, 0.15) is 18.6 Å². The Kier molecular flexibility index (Phi) is 4.80. The molecule has 0 aliphatic heterocycles. The zero-order valence-corrected chi connectivity index (χ0v) is 11.3. The Bertz CT molecular complexity index is 482. The Labute approximate surface area is 106 Å². The predicted octanol–water partition coefficient (Wildman–Crippen LogP) is 1.82. The summed E-state index contributed by atoms with van der Waals surface area (Å²) in [6.07, 6.45) is 0.426. The maximum absolute atomic E-state index is 10.9. The van der Waals surface area contributed by atoms with E-state index in [1.54, 1.807) is 25.1 Å². The van der Waals surface area contributed by atoms with Gasteiger partial charge in [-0.1, -0.05) is 11.6 Å². The van der Waals surface area contributed by atoms with Gasteiger partial charge in [0.25, 0.3) is 0 Å². The molecular weight excluding hydrogens is 264 g/mol. The smallest absolute Gasteiger partial charge is 0.150 e. The number of ether oxygens (including phenoxy) is 1. The fraction of sp³-hybridized carbons (Fsp3) is 0.455. The summed E-state index contributed by atoms with van der Waals surface area (Å²) in [5, 5.41) is 10.0. The lowest BCUT2D eigenvalue weighted by Crippen LogP contribution is -2.13. The highest BCUT2D eigenvalue weighted by atomic mass is 35.5. The van der Waals surface area contributed by atoms with Gasteiger partial charge in [-0.05, 0) is 25.1 Å². The molecule has 0 spiro atoms. The van der Waals surface area contributed by atoms with Crippen LogP contribution in [0.4, 0.5) is 0 Å². The van der Waals surface area contributed by atoms with Crippen LogP contribution in [0.15, 0.2) is 18.2 Å². The van der Waals surface area contributed by atoms with E-state index in [0.717, 1.165) is 6.26 Å². The number of rotatable bonds is 5. The zero-order chi connectivity index (χ0) is 13.1. The second kappa shape index (κ2) is 5.71. The fourth-order valence-electron chi connectivity index (χ4n) is 1.28. The van der Waals surface area contributed by atoms with E-state index in [0.29, 0.717) is 16.3 Å². The first-order valence-electron chi connectivity index (χ1n) is 5.07. The van der Waals surface area contributed by atoms with Gasteiger partial charge in [0.2, 0.25) is 0 Å². The Morgan fingerprint density at radius 1 is 1.47 bits per heavy atom. The average Bonchev–Trinajstić information content (AvgIpc) is 2.18. The number of sulfone groups is 1. The molecule has 0 aliphatic carbocycles. The minimum atomic E-state index is -3.05. The van der Waals surface area contributed by atoms with E-state index in [2.05, 4.69) is 0 Å². The summed E-state index contributed by atoms with van der Waals surface area (Å²) in [5.74, 6) is 0.391. The van der Waals surface area contributed by atoms with E-state index in [1.807, 2.05) is 0 Å². The lowest BCUT2D eigenvalue weighted by molar-refractivity contribution is 0.192. The number of aliphatic hydroxyl groups is 1. The quantitative estimate of drug-likeness (QED) is 0.892. The predicted molar refractivity (Wildman–Crippen MR) is 67.3 cm³/mol. The molecule has 1 aromatic carbocycles. The Balaban J connectivity index is 2.77. The minimum absolute atomic E-state index is 0.0557. The van der Waals surface area contributed by atoms with Gasteiger partial charge in [0.15, 0.2) is 9.84 Å². The topological polar surface area (TPSA) is 63.6 Å². The van der Waals surface area contributed by atoms with Crippen molar-refractivity contribution in [3.63, 3.8) is 0 Å².